The SMILES string of the molecule is [C-]#[N+]/C(=C1/C(=O)N(C)N=C1N(C)C)c1ccc(N(C)C)cc1. The highest BCUT2D eigenvalue weighted by atomic mass is 16.2. The average molecular weight is 297 g/mol. The summed E-state index contributed by atoms with van der Waals surface area (Å²) in [7, 11) is 9.12. The fourth-order valence-corrected chi connectivity index (χ4v) is 2.20. The highest BCUT2D eigenvalue weighted by Gasteiger charge is 2.32. The van der Waals surface area contributed by atoms with Gasteiger partial charge in [-0.25, -0.2) is 9.85 Å². The summed E-state index contributed by atoms with van der Waals surface area (Å²) >= 11 is 0. The Balaban J connectivity index is 2.57. The van der Waals surface area contributed by atoms with E-state index in [0.29, 0.717) is 22.7 Å². The Bertz CT molecular complexity index is 692. The Morgan fingerprint density at radius 1 is 1.14 bits per heavy atom. The summed E-state index contributed by atoms with van der Waals surface area (Å²) in [5.74, 6) is 0.251. The summed E-state index contributed by atoms with van der Waals surface area (Å²) < 4.78 is 0. The lowest BCUT2D eigenvalue weighted by Crippen LogP contribution is -2.25. The van der Waals surface area contributed by atoms with Gasteiger partial charge in [0.05, 0.1) is 12.1 Å². The molecule has 22 heavy (non-hydrogen) atoms. The molecule has 1 aliphatic rings. The van der Waals surface area contributed by atoms with Gasteiger partial charge in [0.15, 0.2) is 5.84 Å². The first-order chi connectivity index (χ1) is 10.4. The summed E-state index contributed by atoms with van der Waals surface area (Å²) in [4.78, 5) is 19.7. The van der Waals surface area contributed by atoms with E-state index in [1.165, 1.54) is 5.01 Å². The van der Waals surface area contributed by atoms with E-state index in [-0.39, 0.29) is 5.91 Å². The molecule has 2 rings (SSSR count). The van der Waals surface area contributed by atoms with Crippen LogP contribution >= 0.6 is 0 Å². The summed E-state index contributed by atoms with van der Waals surface area (Å²) in [5.41, 5.74) is 2.43. The molecule has 1 aromatic rings. The molecule has 1 aromatic carbocycles. The lowest BCUT2D eigenvalue weighted by Gasteiger charge is -2.14. The highest BCUT2D eigenvalue weighted by molar-refractivity contribution is 6.28. The smallest absolute Gasteiger partial charge is 0.267 e. The number of amidine groups is 1. The molecule has 0 spiro atoms. The van der Waals surface area contributed by atoms with E-state index in [4.69, 9.17) is 6.57 Å². The Morgan fingerprint density at radius 2 is 1.73 bits per heavy atom. The lowest BCUT2D eigenvalue weighted by atomic mass is 10.0. The number of rotatable bonds is 2. The van der Waals surface area contributed by atoms with Crippen LogP contribution in [-0.2, 0) is 4.79 Å². The third-order valence-electron chi connectivity index (χ3n) is 3.41. The minimum atomic E-state index is -0.258. The number of hydrogen-bond donors (Lipinski definition) is 0. The van der Waals surface area contributed by atoms with Crippen molar-refractivity contribution >= 4 is 23.1 Å². The number of benzene rings is 1. The van der Waals surface area contributed by atoms with Crippen molar-refractivity contribution in [2.75, 3.05) is 40.1 Å². The molecule has 1 aliphatic heterocycles. The monoisotopic (exact) mass is 297 g/mol. The maximum Gasteiger partial charge on any atom is 0.267 e. The number of amides is 1. The second-order valence-electron chi connectivity index (χ2n) is 5.42. The van der Waals surface area contributed by atoms with Crippen LogP contribution in [0.15, 0.2) is 34.9 Å². The number of anilines is 1. The minimum absolute atomic E-state index is 0.258. The summed E-state index contributed by atoms with van der Waals surface area (Å²) in [6, 6.07) is 7.57. The third kappa shape index (κ3) is 2.66. The zero-order chi connectivity index (χ0) is 16.4. The molecule has 0 N–H and O–H groups in total. The van der Waals surface area contributed by atoms with E-state index in [2.05, 4.69) is 9.95 Å². The number of carbonyl (C=O) groups excluding carboxylic acids is 1. The summed E-state index contributed by atoms with van der Waals surface area (Å²) in [6.45, 7) is 7.50. The first-order valence-corrected chi connectivity index (χ1v) is 6.80. The fraction of sp³-hybridized carbons (Fsp3) is 0.312. The van der Waals surface area contributed by atoms with Crippen LogP contribution < -0.4 is 4.90 Å². The Morgan fingerprint density at radius 3 is 2.18 bits per heavy atom. The van der Waals surface area contributed by atoms with Crippen molar-refractivity contribution in [3.63, 3.8) is 0 Å². The predicted octanol–water partition coefficient (Wildman–Crippen LogP) is 1.73. The van der Waals surface area contributed by atoms with Crippen molar-refractivity contribution in [2.45, 2.75) is 0 Å². The molecule has 114 valence electrons. The zero-order valence-corrected chi connectivity index (χ0v) is 13.5. The Hall–Kier alpha value is -2.81. The number of likely N-dealkylation sites (N-methyl/N-ethyl adjacent to an activating group) is 2. The second-order valence-corrected chi connectivity index (χ2v) is 5.42. The summed E-state index contributed by atoms with van der Waals surface area (Å²) in [6.07, 6.45) is 0. The molecule has 0 saturated carbocycles. The maximum atomic E-state index is 12.3. The van der Waals surface area contributed by atoms with Gasteiger partial charge in [-0.3, -0.25) is 4.79 Å². The van der Waals surface area contributed by atoms with Crippen molar-refractivity contribution < 1.29 is 4.79 Å². The quantitative estimate of drug-likeness (QED) is 0.617. The van der Waals surface area contributed by atoms with E-state index in [1.807, 2.05) is 57.4 Å². The van der Waals surface area contributed by atoms with Crippen LogP contribution in [0.1, 0.15) is 5.56 Å². The van der Waals surface area contributed by atoms with Crippen LogP contribution in [0.3, 0.4) is 0 Å². The molecular formula is C16H19N5O. The molecule has 0 bridgehead atoms. The molecular weight excluding hydrogens is 278 g/mol. The first kappa shape index (κ1) is 15.6. The Kier molecular flexibility index (Phi) is 4.18. The molecule has 0 unspecified atom stereocenters. The standard InChI is InChI=1S/C16H19N5O/c1-17-14(11-7-9-12(10-8-11)19(2)3)13-15(20(4)5)18-21(6)16(13)22/h7-10H,2-6H3/b14-13+. The molecule has 1 amide bonds. The molecule has 0 fully saturated rings. The van der Waals surface area contributed by atoms with Crippen LogP contribution in [0.4, 0.5) is 5.69 Å². The van der Waals surface area contributed by atoms with Crippen LogP contribution in [0, 0.1) is 6.57 Å². The largest absolute Gasteiger partial charge is 0.378 e. The molecule has 0 aliphatic carbocycles. The normalized spacial score (nSPS) is 16.3. The van der Waals surface area contributed by atoms with Gasteiger partial charge in [-0.15, -0.1) is 0 Å². The first-order valence-electron chi connectivity index (χ1n) is 6.80. The van der Waals surface area contributed by atoms with Gasteiger partial charge in [0.1, 0.15) is 0 Å². The zero-order valence-electron chi connectivity index (χ0n) is 13.5. The topological polar surface area (TPSA) is 43.5 Å². The van der Waals surface area contributed by atoms with Gasteiger partial charge in [-0.1, -0.05) is 12.1 Å². The predicted molar refractivity (Wildman–Crippen MR) is 88.2 cm³/mol. The van der Waals surface area contributed by atoms with E-state index in [9.17, 15) is 4.79 Å². The van der Waals surface area contributed by atoms with E-state index in [0.717, 1.165) is 5.69 Å². The maximum absolute atomic E-state index is 12.3. The molecule has 1 heterocycles. The van der Waals surface area contributed by atoms with Gasteiger partial charge in [0.2, 0.25) is 5.70 Å². The van der Waals surface area contributed by atoms with Gasteiger partial charge in [0.25, 0.3) is 5.91 Å². The number of nitrogens with zero attached hydrogens (tertiary/aromatic N) is 5. The van der Waals surface area contributed by atoms with Crippen LogP contribution in [0.25, 0.3) is 10.5 Å². The van der Waals surface area contributed by atoms with Gasteiger partial charge < -0.3 is 9.80 Å². The van der Waals surface area contributed by atoms with E-state index >= 15 is 0 Å². The molecule has 0 aromatic heterocycles. The van der Waals surface area contributed by atoms with Gasteiger partial charge in [0, 0.05) is 40.9 Å². The molecule has 0 radical (unpaired) electrons. The van der Waals surface area contributed by atoms with Crippen LogP contribution in [0.2, 0.25) is 0 Å². The van der Waals surface area contributed by atoms with Crippen molar-refractivity contribution in [3.05, 3.63) is 46.8 Å². The number of hydrogen-bond acceptors (Lipinski definition) is 4. The number of carbonyl (C=O) groups is 1. The van der Waals surface area contributed by atoms with Crippen molar-refractivity contribution in [2.24, 2.45) is 5.10 Å². The van der Waals surface area contributed by atoms with Crippen molar-refractivity contribution in [1.29, 1.82) is 0 Å². The van der Waals surface area contributed by atoms with Crippen molar-refractivity contribution in [3.8, 4) is 0 Å². The highest BCUT2D eigenvalue weighted by Crippen LogP contribution is 2.28. The van der Waals surface area contributed by atoms with Gasteiger partial charge >= 0.3 is 0 Å². The van der Waals surface area contributed by atoms with Gasteiger partial charge in [-0.2, -0.15) is 5.10 Å². The third-order valence-corrected chi connectivity index (χ3v) is 3.41. The molecule has 6 nitrogen and oxygen atoms in total. The second kappa shape index (κ2) is 5.90. The van der Waals surface area contributed by atoms with E-state index < -0.39 is 0 Å². The summed E-state index contributed by atoms with van der Waals surface area (Å²) in [5, 5.41) is 5.48. The van der Waals surface area contributed by atoms with Gasteiger partial charge in [-0.05, 0) is 17.7 Å². The minimum Gasteiger partial charge on any atom is -0.378 e. The lowest BCUT2D eigenvalue weighted by molar-refractivity contribution is -0.124. The van der Waals surface area contributed by atoms with Crippen LogP contribution in [0.5, 0.6) is 0 Å². The fourth-order valence-electron chi connectivity index (χ4n) is 2.20. The number of hydrazone groups is 1. The molecule has 6 heteroatoms. The molecule has 0 saturated heterocycles. The van der Waals surface area contributed by atoms with E-state index in [1.54, 1.807) is 11.9 Å². The molecule has 0 atom stereocenters. The van der Waals surface area contributed by atoms with Crippen molar-refractivity contribution in [1.82, 2.24) is 9.91 Å². The average Bonchev–Trinajstić information content (AvgIpc) is 2.77. The van der Waals surface area contributed by atoms with Crippen LogP contribution in [-0.4, -0.2) is 56.9 Å². The Labute approximate surface area is 130 Å².